The fourth-order valence-electron chi connectivity index (χ4n) is 1.49. The first-order chi connectivity index (χ1) is 8.84. The van der Waals surface area contributed by atoms with Gasteiger partial charge in [-0.1, -0.05) is 6.07 Å². The zero-order chi connectivity index (χ0) is 14.2. The molecule has 1 aromatic heterocycles. The molecule has 6 heteroatoms. The van der Waals surface area contributed by atoms with Crippen LogP contribution >= 0.6 is 27.3 Å². The van der Waals surface area contributed by atoms with Crippen LogP contribution in [0.4, 0.5) is 4.39 Å². The summed E-state index contributed by atoms with van der Waals surface area (Å²) < 4.78 is 14.4. The van der Waals surface area contributed by atoms with Gasteiger partial charge in [0.25, 0.3) is 0 Å². The molecule has 0 aliphatic heterocycles. The number of thiazole rings is 1. The summed E-state index contributed by atoms with van der Waals surface area (Å²) in [5.74, 6) is -1.35. The van der Waals surface area contributed by atoms with Crippen LogP contribution in [0.1, 0.15) is 19.5 Å². The molecule has 0 radical (unpaired) electrons. The van der Waals surface area contributed by atoms with Crippen molar-refractivity contribution in [3.05, 3.63) is 39.6 Å². The number of benzene rings is 1. The summed E-state index contributed by atoms with van der Waals surface area (Å²) in [4.78, 5) is 15.4. The lowest BCUT2D eigenvalue weighted by molar-refractivity contribution is -0.142. The van der Waals surface area contributed by atoms with Crippen molar-refractivity contribution in [2.45, 2.75) is 19.3 Å². The Morgan fingerprint density at radius 1 is 1.47 bits per heavy atom. The Balaban J connectivity index is 2.51. The number of nitrogens with zero attached hydrogens (tertiary/aromatic N) is 1. The van der Waals surface area contributed by atoms with E-state index < -0.39 is 11.4 Å². The molecule has 2 rings (SSSR count). The van der Waals surface area contributed by atoms with Crippen LogP contribution in [-0.2, 0) is 10.2 Å². The molecule has 0 bridgehead atoms. The SMILES string of the molecule is CC(C)(C(=O)O)c1csc(-c2c(F)cccc2Br)n1. The first kappa shape index (κ1) is 14.1. The maximum absolute atomic E-state index is 13.8. The van der Waals surface area contributed by atoms with Gasteiger partial charge in [0.15, 0.2) is 0 Å². The molecule has 19 heavy (non-hydrogen) atoms. The van der Waals surface area contributed by atoms with Crippen LogP contribution in [0.15, 0.2) is 28.1 Å². The van der Waals surface area contributed by atoms with E-state index in [1.54, 1.807) is 31.4 Å². The average molecular weight is 344 g/mol. The molecule has 1 heterocycles. The van der Waals surface area contributed by atoms with E-state index in [2.05, 4.69) is 20.9 Å². The third kappa shape index (κ3) is 2.55. The molecule has 3 nitrogen and oxygen atoms in total. The number of carbonyl (C=O) groups is 1. The number of aromatic nitrogens is 1. The Morgan fingerprint density at radius 2 is 2.16 bits per heavy atom. The van der Waals surface area contributed by atoms with E-state index in [-0.39, 0.29) is 5.82 Å². The molecular formula is C13H11BrFNO2S. The van der Waals surface area contributed by atoms with Gasteiger partial charge in [-0.2, -0.15) is 0 Å². The summed E-state index contributed by atoms with van der Waals surface area (Å²) in [5, 5.41) is 11.3. The Bertz CT molecular complexity index is 619. The van der Waals surface area contributed by atoms with Gasteiger partial charge in [-0.3, -0.25) is 4.79 Å². The van der Waals surface area contributed by atoms with Crippen molar-refractivity contribution in [2.75, 3.05) is 0 Å². The molecule has 0 fully saturated rings. The molecule has 0 aliphatic rings. The Kier molecular flexibility index (Phi) is 3.73. The van der Waals surface area contributed by atoms with Gasteiger partial charge >= 0.3 is 5.97 Å². The maximum atomic E-state index is 13.8. The first-order valence-electron chi connectivity index (χ1n) is 5.48. The van der Waals surface area contributed by atoms with Crippen LogP contribution in [0.3, 0.4) is 0 Å². The highest BCUT2D eigenvalue weighted by Crippen LogP contribution is 2.35. The van der Waals surface area contributed by atoms with Crippen LogP contribution in [0.2, 0.25) is 0 Å². The molecule has 0 unspecified atom stereocenters. The van der Waals surface area contributed by atoms with E-state index in [0.29, 0.717) is 20.7 Å². The van der Waals surface area contributed by atoms with Gasteiger partial charge in [-0.25, -0.2) is 9.37 Å². The van der Waals surface area contributed by atoms with E-state index in [9.17, 15) is 9.18 Å². The molecule has 0 amide bonds. The quantitative estimate of drug-likeness (QED) is 0.913. The molecule has 0 saturated heterocycles. The zero-order valence-electron chi connectivity index (χ0n) is 10.3. The van der Waals surface area contributed by atoms with Gasteiger partial charge in [-0.15, -0.1) is 11.3 Å². The van der Waals surface area contributed by atoms with Gasteiger partial charge < -0.3 is 5.11 Å². The van der Waals surface area contributed by atoms with Crippen LogP contribution in [0.25, 0.3) is 10.6 Å². The van der Waals surface area contributed by atoms with E-state index in [0.717, 1.165) is 0 Å². The first-order valence-corrected chi connectivity index (χ1v) is 7.15. The van der Waals surface area contributed by atoms with Crippen molar-refractivity contribution in [1.82, 2.24) is 4.98 Å². The van der Waals surface area contributed by atoms with E-state index in [4.69, 9.17) is 5.11 Å². The Hall–Kier alpha value is -1.27. The van der Waals surface area contributed by atoms with E-state index in [1.165, 1.54) is 17.4 Å². The second kappa shape index (κ2) is 5.02. The summed E-state index contributed by atoms with van der Waals surface area (Å²) in [6, 6.07) is 4.67. The van der Waals surface area contributed by atoms with Gasteiger partial charge in [-0.05, 0) is 41.9 Å². The largest absolute Gasteiger partial charge is 0.481 e. The average Bonchev–Trinajstić information content (AvgIpc) is 2.78. The topological polar surface area (TPSA) is 50.2 Å². The molecule has 0 saturated carbocycles. The van der Waals surface area contributed by atoms with Crippen molar-refractivity contribution in [3.8, 4) is 10.6 Å². The molecule has 0 spiro atoms. The summed E-state index contributed by atoms with van der Waals surface area (Å²) in [6.07, 6.45) is 0. The van der Waals surface area contributed by atoms with Crippen molar-refractivity contribution in [1.29, 1.82) is 0 Å². The van der Waals surface area contributed by atoms with Crippen molar-refractivity contribution < 1.29 is 14.3 Å². The predicted octanol–water partition coefficient (Wildman–Crippen LogP) is 4.07. The third-order valence-corrected chi connectivity index (χ3v) is 4.38. The summed E-state index contributed by atoms with van der Waals surface area (Å²) in [7, 11) is 0. The van der Waals surface area contributed by atoms with E-state index in [1.807, 2.05) is 0 Å². The lowest BCUT2D eigenvalue weighted by atomic mass is 9.90. The number of carboxylic acid groups (broad SMARTS) is 1. The fraction of sp³-hybridized carbons (Fsp3) is 0.231. The highest BCUT2D eigenvalue weighted by molar-refractivity contribution is 9.10. The van der Waals surface area contributed by atoms with Crippen LogP contribution < -0.4 is 0 Å². The van der Waals surface area contributed by atoms with Gasteiger partial charge in [0, 0.05) is 9.85 Å². The zero-order valence-corrected chi connectivity index (χ0v) is 12.7. The molecule has 1 N–H and O–H groups in total. The van der Waals surface area contributed by atoms with Crippen molar-refractivity contribution in [2.24, 2.45) is 0 Å². The second-order valence-corrected chi connectivity index (χ2v) is 6.28. The third-order valence-electron chi connectivity index (χ3n) is 2.86. The minimum atomic E-state index is -1.09. The van der Waals surface area contributed by atoms with Crippen LogP contribution in [0.5, 0.6) is 0 Å². The maximum Gasteiger partial charge on any atom is 0.315 e. The molecule has 1 aromatic carbocycles. The molecule has 2 aromatic rings. The number of hydrogen-bond acceptors (Lipinski definition) is 3. The number of rotatable bonds is 3. The lowest BCUT2D eigenvalue weighted by Crippen LogP contribution is -2.28. The molecule has 0 atom stereocenters. The Labute approximate surface area is 122 Å². The standard InChI is InChI=1S/C13H11BrFNO2S/c1-13(2,12(17)18)9-6-19-11(16-9)10-7(14)4-3-5-8(10)15/h3-6H,1-2H3,(H,17,18). The van der Waals surface area contributed by atoms with Crippen LogP contribution in [0, 0.1) is 5.82 Å². The number of halogens is 2. The van der Waals surface area contributed by atoms with Crippen LogP contribution in [-0.4, -0.2) is 16.1 Å². The highest BCUT2D eigenvalue weighted by Gasteiger charge is 2.32. The van der Waals surface area contributed by atoms with Crippen molar-refractivity contribution >= 4 is 33.2 Å². The lowest BCUT2D eigenvalue weighted by Gasteiger charge is -2.15. The number of carboxylic acids is 1. The summed E-state index contributed by atoms with van der Waals surface area (Å²) in [6.45, 7) is 3.15. The summed E-state index contributed by atoms with van der Waals surface area (Å²) in [5.41, 5.74) is -0.304. The number of aliphatic carboxylic acids is 1. The van der Waals surface area contributed by atoms with Crippen molar-refractivity contribution in [3.63, 3.8) is 0 Å². The Morgan fingerprint density at radius 3 is 2.74 bits per heavy atom. The highest BCUT2D eigenvalue weighted by atomic mass is 79.9. The fourth-order valence-corrected chi connectivity index (χ4v) is 3.20. The molecule has 100 valence electrons. The minimum absolute atomic E-state index is 0.361. The van der Waals surface area contributed by atoms with Gasteiger partial charge in [0.05, 0.1) is 11.3 Å². The normalized spacial score (nSPS) is 11.6. The van der Waals surface area contributed by atoms with E-state index >= 15 is 0 Å². The summed E-state index contributed by atoms with van der Waals surface area (Å²) >= 11 is 4.51. The van der Waals surface area contributed by atoms with Gasteiger partial charge in [0.1, 0.15) is 16.2 Å². The molecule has 0 aliphatic carbocycles. The second-order valence-electron chi connectivity index (χ2n) is 4.56. The number of hydrogen-bond donors (Lipinski definition) is 1. The minimum Gasteiger partial charge on any atom is -0.481 e. The smallest absolute Gasteiger partial charge is 0.315 e. The monoisotopic (exact) mass is 343 g/mol. The van der Waals surface area contributed by atoms with Gasteiger partial charge in [0.2, 0.25) is 0 Å². The molecular weight excluding hydrogens is 333 g/mol. The predicted molar refractivity (Wildman–Crippen MR) is 75.9 cm³/mol.